The van der Waals surface area contributed by atoms with E-state index in [1.807, 2.05) is 0 Å². The van der Waals surface area contributed by atoms with Crippen molar-refractivity contribution < 1.29 is 93.9 Å². The molecule has 0 saturated carbocycles. The van der Waals surface area contributed by atoms with Crippen molar-refractivity contribution in [3.8, 4) is 22.9 Å². The number of benzene rings is 1. The van der Waals surface area contributed by atoms with E-state index in [-0.39, 0.29) is 11.6 Å². The first kappa shape index (κ1) is 44.8. The topological polar surface area (TPSA) is 71.9 Å². The van der Waals surface area contributed by atoms with Crippen LogP contribution in [0.25, 0.3) is 11.4 Å². The zero-order valence-electron chi connectivity index (χ0n) is 26.6. The number of rotatable bonds is 23. The maximum Gasteiger partial charge on any atom is 0.460 e. The Labute approximate surface area is 284 Å². The fourth-order valence-electron chi connectivity index (χ4n) is 3.77. The van der Waals surface area contributed by atoms with Crippen LogP contribution >= 0.6 is 0 Å². The highest BCUT2D eigenvalue weighted by Gasteiger charge is 2.85. The second-order valence-corrected chi connectivity index (χ2v) is 10.8. The standard InChI is InChI=1S/C29H30F16N2O5/c1-2-3-4-5-6-7-12-49-21-13-46-22(47-14-21)18-8-10-20(11-9-18)50-16-19(30)15-48-17-23(31,32)51-28(42,43)29(44,45)52-27(40,41)25(35,36)24(33,34)26(37,38)39/h8-11,13-14,19H,2-7,12,15-17H2,1H3/t19-/m1/s1. The molecule has 0 spiro atoms. The van der Waals surface area contributed by atoms with Gasteiger partial charge in [-0.2, -0.15) is 65.9 Å². The zero-order valence-corrected chi connectivity index (χ0v) is 26.6. The Hall–Kier alpha value is -3.34. The molecule has 298 valence electrons. The van der Waals surface area contributed by atoms with Crippen molar-refractivity contribution in [1.82, 2.24) is 9.97 Å². The molecular formula is C29H30F16N2O5. The van der Waals surface area contributed by atoms with E-state index in [4.69, 9.17) is 9.47 Å². The second-order valence-electron chi connectivity index (χ2n) is 10.8. The molecule has 2 aromatic rings. The van der Waals surface area contributed by atoms with Crippen LogP contribution in [0.4, 0.5) is 70.2 Å². The second kappa shape index (κ2) is 17.7. The predicted octanol–water partition coefficient (Wildman–Crippen LogP) is 9.85. The molecular weight excluding hydrogens is 760 g/mol. The van der Waals surface area contributed by atoms with Gasteiger partial charge in [0.15, 0.2) is 17.7 Å². The summed E-state index contributed by atoms with van der Waals surface area (Å²) in [5.41, 5.74) is 0.488. The number of hydrogen-bond acceptors (Lipinski definition) is 7. The van der Waals surface area contributed by atoms with Gasteiger partial charge in [-0.25, -0.2) is 23.8 Å². The van der Waals surface area contributed by atoms with E-state index >= 15 is 0 Å². The summed E-state index contributed by atoms with van der Waals surface area (Å²) in [4.78, 5) is 8.35. The number of hydrogen-bond donors (Lipinski definition) is 0. The Balaban J connectivity index is 1.84. The van der Waals surface area contributed by atoms with Crippen molar-refractivity contribution in [2.75, 3.05) is 26.4 Å². The molecule has 0 radical (unpaired) electrons. The van der Waals surface area contributed by atoms with Crippen LogP contribution in [0.5, 0.6) is 11.5 Å². The van der Waals surface area contributed by atoms with Crippen LogP contribution in [0.2, 0.25) is 0 Å². The third-order valence-corrected chi connectivity index (χ3v) is 6.50. The van der Waals surface area contributed by atoms with Crippen molar-refractivity contribution in [1.29, 1.82) is 0 Å². The molecule has 1 atom stereocenters. The molecule has 0 amide bonds. The minimum atomic E-state index is -7.97. The van der Waals surface area contributed by atoms with Crippen molar-refractivity contribution in [3.05, 3.63) is 36.7 Å². The van der Waals surface area contributed by atoms with E-state index in [9.17, 15) is 70.2 Å². The quantitative estimate of drug-likeness (QED) is 0.0820. The lowest BCUT2D eigenvalue weighted by Crippen LogP contribution is -2.64. The molecule has 1 aromatic carbocycles. The number of ether oxygens (including phenoxy) is 5. The van der Waals surface area contributed by atoms with Gasteiger partial charge in [0.05, 0.1) is 25.6 Å². The fraction of sp³-hybridized carbons (Fsp3) is 0.655. The smallest absolute Gasteiger partial charge is 0.460 e. The molecule has 0 unspecified atom stereocenters. The third-order valence-electron chi connectivity index (χ3n) is 6.50. The summed E-state index contributed by atoms with van der Waals surface area (Å²) in [6, 6.07) is 5.57. The summed E-state index contributed by atoms with van der Waals surface area (Å²) in [7, 11) is 0. The number of aromatic nitrogens is 2. The van der Waals surface area contributed by atoms with Gasteiger partial charge in [0, 0.05) is 5.56 Å². The zero-order chi connectivity index (χ0) is 39.7. The molecule has 52 heavy (non-hydrogen) atoms. The highest BCUT2D eigenvalue weighted by atomic mass is 19.4. The highest BCUT2D eigenvalue weighted by Crippen LogP contribution is 2.56. The predicted molar refractivity (Wildman–Crippen MR) is 145 cm³/mol. The van der Waals surface area contributed by atoms with E-state index < -0.39 is 68.4 Å². The van der Waals surface area contributed by atoms with Gasteiger partial charge in [0.25, 0.3) is 0 Å². The van der Waals surface area contributed by atoms with E-state index in [0.29, 0.717) is 17.9 Å². The lowest BCUT2D eigenvalue weighted by Gasteiger charge is -2.36. The molecule has 0 saturated heterocycles. The SMILES string of the molecule is CCCCCCCCOc1cnc(-c2ccc(OC[C@H](F)COCC(F)(F)OC(F)(F)C(F)(F)OC(F)(F)C(F)(F)C(F)(F)C(F)(F)F)cc2)nc1. The van der Waals surface area contributed by atoms with Gasteiger partial charge in [-0.15, -0.1) is 0 Å². The molecule has 1 aromatic heterocycles. The molecule has 0 aliphatic heterocycles. The summed E-state index contributed by atoms with van der Waals surface area (Å²) >= 11 is 0. The number of halogens is 16. The van der Waals surface area contributed by atoms with Crippen LogP contribution in [0.1, 0.15) is 45.4 Å². The van der Waals surface area contributed by atoms with Gasteiger partial charge in [0.1, 0.15) is 19.0 Å². The van der Waals surface area contributed by atoms with Gasteiger partial charge in [-0.05, 0) is 30.7 Å². The Morgan fingerprint density at radius 2 is 1.13 bits per heavy atom. The molecule has 1 heterocycles. The summed E-state index contributed by atoms with van der Waals surface area (Å²) in [5.74, 6) is -15.1. The van der Waals surface area contributed by atoms with Crippen molar-refractivity contribution in [2.45, 2.75) is 94.1 Å². The van der Waals surface area contributed by atoms with E-state index in [0.717, 1.165) is 32.1 Å². The molecule has 0 fully saturated rings. The molecule has 2 rings (SSSR count). The Morgan fingerprint density at radius 1 is 0.596 bits per heavy atom. The first-order chi connectivity index (χ1) is 23.8. The van der Waals surface area contributed by atoms with Gasteiger partial charge in [-0.3, -0.25) is 0 Å². The van der Waals surface area contributed by atoms with Crippen molar-refractivity contribution >= 4 is 0 Å². The molecule has 0 aliphatic carbocycles. The van der Waals surface area contributed by atoms with Crippen molar-refractivity contribution in [2.24, 2.45) is 0 Å². The first-order valence-corrected chi connectivity index (χ1v) is 14.9. The van der Waals surface area contributed by atoms with Crippen LogP contribution in [-0.2, 0) is 14.2 Å². The van der Waals surface area contributed by atoms with Crippen LogP contribution in [0.15, 0.2) is 36.7 Å². The fourth-order valence-corrected chi connectivity index (χ4v) is 3.77. The third kappa shape index (κ3) is 12.1. The first-order valence-electron chi connectivity index (χ1n) is 14.9. The molecule has 7 nitrogen and oxygen atoms in total. The van der Waals surface area contributed by atoms with Gasteiger partial charge < -0.3 is 14.2 Å². The number of nitrogens with zero attached hydrogens (tertiary/aromatic N) is 2. The van der Waals surface area contributed by atoms with E-state index in [2.05, 4.69) is 26.4 Å². The minimum Gasteiger partial charge on any atom is -0.490 e. The van der Waals surface area contributed by atoms with E-state index in [1.54, 1.807) is 0 Å². The normalized spacial score (nSPS) is 14.4. The van der Waals surface area contributed by atoms with Gasteiger partial charge in [-0.1, -0.05) is 39.0 Å². The van der Waals surface area contributed by atoms with Crippen LogP contribution in [0.3, 0.4) is 0 Å². The number of alkyl halides is 16. The summed E-state index contributed by atoms with van der Waals surface area (Å²) in [6.07, 6.45) is -28.4. The van der Waals surface area contributed by atoms with Crippen LogP contribution in [-0.4, -0.2) is 85.0 Å². The largest absolute Gasteiger partial charge is 0.490 e. The maximum absolute atomic E-state index is 14.1. The van der Waals surface area contributed by atoms with Gasteiger partial charge in [0.2, 0.25) is 0 Å². The van der Waals surface area contributed by atoms with Crippen molar-refractivity contribution in [3.63, 3.8) is 0 Å². The minimum absolute atomic E-state index is 0.0104. The van der Waals surface area contributed by atoms with Crippen LogP contribution in [0, 0.1) is 0 Å². The summed E-state index contributed by atoms with van der Waals surface area (Å²) in [6.45, 7) is -2.27. The van der Waals surface area contributed by atoms with Gasteiger partial charge >= 0.3 is 42.5 Å². The highest BCUT2D eigenvalue weighted by molar-refractivity contribution is 5.56. The van der Waals surface area contributed by atoms with E-state index in [1.165, 1.54) is 47.8 Å². The molecule has 0 bridgehead atoms. The Morgan fingerprint density at radius 3 is 1.69 bits per heavy atom. The average Bonchev–Trinajstić information content (AvgIpc) is 3.02. The number of unbranched alkanes of at least 4 members (excludes halogenated alkanes) is 5. The summed E-state index contributed by atoms with van der Waals surface area (Å²) < 4.78 is 229. The lowest BCUT2D eigenvalue weighted by atomic mass is 10.1. The van der Waals surface area contributed by atoms with Crippen LogP contribution < -0.4 is 9.47 Å². The lowest BCUT2D eigenvalue weighted by molar-refractivity contribution is -0.543. The Kier molecular flexibility index (Phi) is 15.2. The Bertz CT molecular complexity index is 1360. The maximum atomic E-state index is 14.1. The molecule has 0 aliphatic rings. The molecule has 0 N–H and O–H groups in total. The summed E-state index contributed by atoms with van der Waals surface area (Å²) in [5, 5.41) is 0. The molecule has 23 heteroatoms. The monoisotopic (exact) mass is 790 g/mol. The average molecular weight is 791 g/mol.